The Kier molecular flexibility index (Phi) is 4.09. The first-order valence-electron chi connectivity index (χ1n) is 5.12. The van der Waals surface area contributed by atoms with Crippen LogP contribution in [0.5, 0.6) is 0 Å². The first kappa shape index (κ1) is 13.2. The van der Waals surface area contributed by atoms with E-state index in [9.17, 15) is 8.42 Å². The monoisotopic (exact) mass is 246 g/mol. The van der Waals surface area contributed by atoms with Gasteiger partial charge in [0.1, 0.15) is 15.6 Å². The van der Waals surface area contributed by atoms with Gasteiger partial charge in [0.05, 0.1) is 11.4 Å². The lowest BCUT2D eigenvalue weighted by Crippen LogP contribution is -2.32. The fourth-order valence-electron chi connectivity index (χ4n) is 1.54. The predicted molar refractivity (Wildman–Crippen MR) is 62.0 cm³/mol. The summed E-state index contributed by atoms with van der Waals surface area (Å²) in [5.41, 5.74) is 1.84. The molecule has 0 aromatic carbocycles. The van der Waals surface area contributed by atoms with E-state index in [-0.39, 0.29) is 11.8 Å². The molecule has 0 fully saturated rings. The molecule has 5 nitrogen and oxygen atoms in total. The maximum absolute atomic E-state index is 11.1. The zero-order valence-electron chi connectivity index (χ0n) is 10.1. The van der Waals surface area contributed by atoms with Crippen LogP contribution in [-0.4, -0.2) is 31.6 Å². The van der Waals surface area contributed by atoms with Crippen LogP contribution in [0.25, 0.3) is 0 Å². The number of nitrogens with zero attached hydrogens (tertiary/aromatic N) is 1. The number of hydrogen-bond donors (Lipinski definition) is 1. The number of rotatable bonds is 5. The van der Waals surface area contributed by atoms with E-state index in [1.165, 1.54) is 6.26 Å². The maximum atomic E-state index is 11.1. The van der Waals surface area contributed by atoms with Gasteiger partial charge in [0.15, 0.2) is 0 Å². The van der Waals surface area contributed by atoms with E-state index in [0.29, 0.717) is 6.54 Å². The lowest BCUT2D eigenvalue weighted by atomic mass is 10.2. The van der Waals surface area contributed by atoms with Crippen molar-refractivity contribution in [2.75, 3.05) is 12.0 Å². The molecule has 1 unspecified atom stereocenters. The third-order valence-corrected chi connectivity index (χ3v) is 3.47. The molecule has 0 saturated carbocycles. The van der Waals surface area contributed by atoms with Crippen LogP contribution < -0.4 is 5.32 Å². The molecule has 0 aliphatic rings. The molecule has 0 amide bonds. The summed E-state index contributed by atoms with van der Waals surface area (Å²) in [7, 11) is -2.94. The van der Waals surface area contributed by atoms with E-state index < -0.39 is 9.84 Å². The Hall–Kier alpha value is -0.880. The average Bonchev–Trinajstić information content (AvgIpc) is 2.41. The van der Waals surface area contributed by atoms with Crippen LogP contribution in [0.15, 0.2) is 4.52 Å². The van der Waals surface area contributed by atoms with Gasteiger partial charge in [-0.25, -0.2) is 8.42 Å². The number of sulfone groups is 1. The van der Waals surface area contributed by atoms with Crippen LogP contribution in [0.2, 0.25) is 0 Å². The van der Waals surface area contributed by atoms with E-state index >= 15 is 0 Å². The highest BCUT2D eigenvalue weighted by molar-refractivity contribution is 7.90. The van der Waals surface area contributed by atoms with Crippen molar-refractivity contribution >= 4 is 9.84 Å². The van der Waals surface area contributed by atoms with Crippen molar-refractivity contribution in [3.63, 3.8) is 0 Å². The van der Waals surface area contributed by atoms with Crippen LogP contribution in [0.3, 0.4) is 0 Å². The molecule has 0 radical (unpaired) electrons. The SMILES string of the molecule is Cc1noc(C)c1CNC(C)CS(C)(=O)=O. The standard InChI is InChI=1S/C10H18N2O3S/c1-7(6-16(4,13)14)11-5-10-8(2)12-15-9(10)3/h7,11H,5-6H2,1-4H3. The van der Waals surface area contributed by atoms with Crippen molar-refractivity contribution in [1.29, 1.82) is 0 Å². The Labute approximate surface area is 96.1 Å². The third kappa shape index (κ3) is 3.94. The molecule has 0 spiro atoms. The van der Waals surface area contributed by atoms with E-state index in [1.807, 2.05) is 20.8 Å². The molecular formula is C10H18N2O3S. The first-order chi connectivity index (χ1) is 7.29. The highest BCUT2D eigenvalue weighted by Crippen LogP contribution is 2.11. The second kappa shape index (κ2) is 4.97. The normalized spacial score (nSPS) is 14.0. The zero-order chi connectivity index (χ0) is 12.3. The molecule has 1 atom stereocenters. The van der Waals surface area contributed by atoms with E-state index in [0.717, 1.165) is 17.0 Å². The van der Waals surface area contributed by atoms with Gasteiger partial charge in [-0.3, -0.25) is 0 Å². The zero-order valence-corrected chi connectivity index (χ0v) is 10.9. The van der Waals surface area contributed by atoms with Gasteiger partial charge >= 0.3 is 0 Å². The third-order valence-electron chi connectivity index (χ3n) is 2.36. The molecule has 1 aromatic rings. The summed E-state index contributed by atoms with van der Waals surface area (Å²) in [6.07, 6.45) is 1.24. The fraction of sp³-hybridized carbons (Fsp3) is 0.700. The van der Waals surface area contributed by atoms with Crippen LogP contribution in [-0.2, 0) is 16.4 Å². The topological polar surface area (TPSA) is 72.2 Å². The number of nitrogens with one attached hydrogen (secondary N) is 1. The lowest BCUT2D eigenvalue weighted by Gasteiger charge is -2.12. The van der Waals surface area contributed by atoms with E-state index in [4.69, 9.17) is 4.52 Å². The summed E-state index contributed by atoms with van der Waals surface area (Å²) >= 11 is 0. The number of aryl methyl sites for hydroxylation is 2. The lowest BCUT2D eigenvalue weighted by molar-refractivity contribution is 0.391. The molecule has 0 aliphatic heterocycles. The molecule has 0 saturated heterocycles. The van der Waals surface area contributed by atoms with Gasteiger partial charge in [0.2, 0.25) is 0 Å². The smallest absolute Gasteiger partial charge is 0.148 e. The molecule has 6 heteroatoms. The number of aromatic nitrogens is 1. The molecule has 0 bridgehead atoms. The highest BCUT2D eigenvalue weighted by atomic mass is 32.2. The maximum Gasteiger partial charge on any atom is 0.148 e. The fourth-order valence-corrected chi connectivity index (χ4v) is 2.57. The van der Waals surface area contributed by atoms with Gasteiger partial charge < -0.3 is 9.84 Å². The number of hydrogen-bond acceptors (Lipinski definition) is 5. The van der Waals surface area contributed by atoms with Crippen molar-refractivity contribution in [3.05, 3.63) is 17.0 Å². The van der Waals surface area contributed by atoms with E-state index in [1.54, 1.807) is 0 Å². The van der Waals surface area contributed by atoms with Crippen molar-refractivity contribution in [2.45, 2.75) is 33.4 Å². The Morgan fingerprint density at radius 1 is 1.44 bits per heavy atom. The Morgan fingerprint density at radius 3 is 2.50 bits per heavy atom. The van der Waals surface area contributed by atoms with Gasteiger partial charge in [0.25, 0.3) is 0 Å². The molecule has 1 N–H and O–H groups in total. The largest absolute Gasteiger partial charge is 0.361 e. The van der Waals surface area contributed by atoms with Crippen LogP contribution in [0.4, 0.5) is 0 Å². The molecule has 1 heterocycles. The van der Waals surface area contributed by atoms with Crippen molar-refractivity contribution in [1.82, 2.24) is 10.5 Å². The second-order valence-corrected chi connectivity index (χ2v) is 6.36. The average molecular weight is 246 g/mol. The minimum absolute atomic E-state index is 0.0799. The second-order valence-electron chi connectivity index (χ2n) is 4.18. The predicted octanol–water partition coefficient (Wildman–Crippen LogP) is 0.814. The van der Waals surface area contributed by atoms with Crippen LogP contribution >= 0.6 is 0 Å². The molecular weight excluding hydrogens is 228 g/mol. The molecule has 16 heavy (non-hydrogen) atoms. The van der Waals surface area contributed by atoms with Crippen molar-refractivity contribution in [2.24, 2.45) is 0 Å². The summed E-state index contributed by atoms with van der Waals surface area (Å²) in [5, 5.41) is 6.98. The highest BCUT2D eigenvalue weighted by Gasteiger charge is 2.13. The minimum Gasteiger partial charge on any atom is -0.361 e. The Morgan fingerprint density at radius 2 is 2.06 bits per heavy atom. The van der Waals surface area contributed by atoms with Crippen molar-refractivity contribution < 1.29 is 12.9 Å². The minimum atomic E-state index is -2.94. The summed E-state index contributed by atoms with van der Waals surface area (Å²) in [5.74, 6) is 0.910. The summed E-state index contributed by atoms with van der Waals surface area (Å²) in [6.45, 7) is 6.14. The van der Waals surface area contributed by atoms with Gasteiger partial charge in [-0.1, -0.05) is 5.16 Å². The summed E-state index contributed by atoms with van der Waals surface area (Å²) in [4.78, 5) is 0. The summed E-state index contributed by atoms with van der Waals surface area (Å²) < 4.78 is 27.2. The summed E-state index contributed by atoms with van der Waals surface area (Å²) in [6, 6.07) is -0.0799. The Balaban J connectivity index is 2.52. The van der Waals surface area contributed by atoms with Gasteiger partial charge in [-0.2, -0.15) is 0 Å². The molecule has 0 aliphatic carbocycles. The van der Waals surface area contributed by atoms with Gasteiger partial charge in [0, 0.05) is 24.4 Å². The van der Waals surface area contributed by atoms with Gasteiger partial charge in [-0.15, -0.1) is 0 Å². The quantitative estimate of drug-likeness (QED) is 0.832. The first-order valence-corrected chi connectivity index (χ1v) is 7.18. The van der Waals surface area contributed by atoms with Crippen LogP contribution in [0.1, 0.15) is 23.9 Å². The molecule has 1 rings (SSSR count). The molecule has 92 valence electrons. The Bertz CT molecular complexity index is 431. The van der Waals surface area contributed by atoms with E-state index in [2.05, 4.69) is 10.5 Å². The van der Waals surface area contributed by atoms with Crippen molar-refractivity contribution in [3.8, 4) is 0 Å². The molecule has 1 aromatic heterocycles. The van der Waals surface area contributed by atoms with Crippen LogP contribution in [0, 0.1) is 13.8 Å². The van der Waals surface area contributed by atoms with Gasteiger partial charge in [-0.05, 0) is 20.8 Å².